The second-order valence-corrected chi connectivity index (χ2v) is 3.57. The second-order valence-electron chi connectivity index (χ2n) is 3.57. The van der Waals surface area contributed by atoms with Gasteiger partial charge in [-0.2, -0.15) is 0 Å². The first-order valence-electron chi connectivity index (χ1n) is 4.82. The highest BCUT2D eigenvalue weighted by atomic mass is 19.1. The van der Waals surface area contributed by atoms with Crippen molar-refractivity contribution in [3.8, 4) is 5.75 Å². The molecule has 0 aliphatic rings. The van der Waals surface area contributed by atoms with Gasteiger partial charge in [-0.15, -0.1) is 0 Å². The van der Waals surface area contributed by atoms with E-state index in [2.05, 4.69) is 0 Å². The molecule has 3 N–H and O–H groups in total. The van der Waals surface area contributed by atoms with Gasteiger partial charge in [0.25, 0.3) is 0 Å². The quantitative estimate of drug-likeness (QED) is 0.728. The van der Waals surface area contributed by atoms with Crippen LogP contribution in [0.15, 0.2) is 18.2 Å². The lowest BCUT2D eigenvalue weighted by Gasteiger charge is -2.14. The van der Waals surface area contributed by atoms with Gasteiger partial charge in [-0.3, -0.25) is 9.59 Å². The van der Waals surface area contributed by atoms with Crippen LogP contribution in [0.1, 0.15) is 24.3 Å². The van der Waals surface area contributed by atoms with Crippen LogP contribution in [0.3, 0.4) is 0 Å². The van der Waals surface area contributed by atoms with Crippen molar-refractivity contribution in [1.82, 2.24) is 0 Å². The van der Waals surface area contributed by atoms with Crippen LogP contribution in [0, 0.1) is 5.82 Å². The molecule has 0 aromatic heterocycles. The predicted octanol–water partition coefficient (Wildman–Crippen LogP) is 1.56. The summed E-state index contributed by atoms with van der Waals surface area (Å²) >= 11 is 0. The van der Waals surface area contributed by atoms with Crippen molar-refractivity contribution in [3.05, 3.63) is 29.6 Å². The van der Waals surface area contributed by atoms with Gasteiger partial charge >= 0.3 is 11.9 Å². The van der Waals surface area contributed by atoms with Crippen molar-refractivity contribution in [3.63, 3.8) is 0 Å². The van der Waals surface area contributed by atoms with Crippen molar-refractivity contribution in [2.24, 2.45) is 0 Å². The maximum absolute atomic E-state index is 13.1. The van der Waals surface area contributed by atoms with Crippen LogP contribution < -0.4 is 0 Å². The van der Waals surface area contributed by atoms with Gasteiger partial charge in [0, 0.05) is 11.5 Å². The summed E-state index contributed by atoms with van der Waals surface area (Å²) in [5.41, 5.74) is -0.00481. The molecule has 5 nitrogen and oxygen atoms in total. The lowest BCUT2D eigenvalue weighted by atomic mass is 9.91. The smallest absolute Gasteiger partial charge is 0.303 e. The Balaban J connectivity index is 3.07. The highest BCUT2D eigenvalue weighted by molar-refractivity contribution is 5.72. The van der Waals surface area contributed by atoms with Crippen LogP contribution in [0.5, 0.6) is 5.75 Å². The minimum atomic E-state index is -1.21. The topological polar surface area (TPSA) is 94.8 Å². The number of carboxylic acids is 2. The SMILES string of the molecule is O=C(O)CC(CC(=O)O)c1cccc(F)c1O. The summed E-state index contributed by atoms with van der Waals surface area (Å²) in [5, 5.41) is 26.7. The van der Waals surface area contributed by atoms with Gasteiger partial charge < -0.3 is 15.3 Å². The highest BCUT2D eigenvalue weighted by Crippen LogP contribution is 2.32. The molecular weight excluding hydrogens is 231 g/mol. The fourth-order valence-electron chi connectivity index (χ4n) is 1.58. The molecule has 0 saturated carbocycles. The molecule has 0 saturated heterocycles. The predicted molar refractivity (Wildman–Crippen MR) is 55.3 cm³/mol. The first kappa shape index (κ1) is 13.0. The van der Waals surface area contributed by atoms with Crippen LogP contribution >= 0.6 is 0 Å². The number of halogens is 1. The van der Waals surface area contributed by atoms with E-state index < -0.39 is 42.3 Å². The van der Waals surface area contributed by atoms with E-state index in [4.69, 9.17) is 10.2 Å². The third-order valence-electron chi connectivity index (χ3n) is 2.30. The Morgan fingerprint density at radius 1 is 1.18 bits per heavy atom. The second kappa shape index (κ2) is 5.29. The molecule has 1 aromatic carbocycles. The summed E-state index contributed by atoms with van der Waals surface area (Å²) in [6.07, 6.45) is -0.966. The van der Waals surface area contributed by atoms with E-state index in [1.165, 1.54) is 12.1 Å². The first-order chi connectivity index (χ1) is 7.91. The van der Waals surface area contributed by atoms with Crippen molar-refractivity contribution in [1.29, 1.82) is 0 Å². The zero-order chi connectivity index (χ0) is 13.0. The summed E-state index contributed by atoms with van der Waals surface area (Å²) < 4.78 is 13.1. The standard InChI is InChI=1S/C11H11FO5/c12-8-3-1-2-7(11(8)17)6(4-9(13)14)5-10(15)16/h1-3,6,17H,4-5H2,(H,13,14)(H,15,16). The zero-order valence-electron chi connectivity index (χ0n) is 8.76. The molecule has 0 radical (unpaired) electrons. The summed E-state index contributed by atoms with van der Waals surface area (Å²) in [6, 6.07) is 3.62. The number of hydrogen-bond acceptors (Lipinski definition) is 3. The Morgan fingerprint density at radius 2 is 1.71 bits per heavy atom. The number of phenolic OH excluding ortho intramolecular Hbond substituents is 1. The minimum absolute atomic E-state index is 0.00481. The highest BCUT2D eigenvalue weighted by Gasteiger charge is 2.23. The number of phenols is 1. The van der Waals surface area contributed by atoms with Crippen LogP contribution in [0.2, 0.25) is 0 Å². The lowest BCUT2D eigenvalue weighted by molar-refractivity contribution is -0.139. The first-order valence-corrected chi connectivity index (χ1v) is 4.82. The van der Waals surface area contributed by atoms with Crippen molar-refractivity contribution in [2.75, 3.05) is 0 Å². The Hall–Kier alpha value is -2.11. The Kier molecular flexibility index (Phi) is 4.03. The third kappa shape index (κ3) is 3.44. The molecule has 0 atom stereocenters. The molecule has 0 unspecified atom stereocenters. The van der Waals surface area contributed by atoms with E-state index in [9.17, 15) is 19.1 Å². The summed E-state index contributed by atoms with van der Waals surface area (Å²) in [4.78, 5) is 21.2. The monoisotopic (exact) mass is 242 g/mol. The van der Waals surface area contributed by atoms with Gasteiger partial charge in [0.15, 0.2) is 11.6 Å². The van der Waals surface area contributed by atoms with Crippen molar-refractivity contribution < 1.29 is 29.3 Å². The van der Waals surface area contributed by atoms with Crippen LogP contribution in [-0.2, 0) is 9.59 Å². The fourth-order valence-corrected chi connectivity index (χ4v) is 1.58. The van der Waals surface area contributed by atoms with Gasteiger partial charge in [0.1, 0.15) is 0 Å². The molecule has 0 amide bonds. The number of rotatable bonds is 5. The summed E-state index contributed by atoms with van der Waals surface area (Å²) in [6.45, 7) is 0. The maximum Gasteiger partial charge on any atom is 0.303 e. The number of carbonyl (C=O) groups is 2. The summed E-state index contributed by atoms with van der Waals surface area (Å²) in [5.74, 6) is -4.97. The van der Waals surface area contributed by atoms with E-state index >= 15 is 0 Å². The van der Waals surface area contributed by atoms with E-state index in [0.29, 0.717) is 0 Å². The molecule has 0 heterocycles. The Bertz CT molecular complexity index is 427. The van der Waals surface area contributed by atoms with Gasteiger partial charge in [-0.1, -0.05) is 12.1 Å². The molecule has 0 aliphatic carbocycles. The molecule has 1 aromatic rings. The molecule has 17 heavy (non-hydrogen) atoms. The number of benzene rings is 1. The van der Waals surface area contributed by atoms with Gasteiger partial charge in [-0.05, 0) is 6.07 Å². The fraction of sp³-hybridized carbons (Fsp3) is 0.273. The number of hydrogen-bond donors (Lipinski definition) is 3. The van der Waals surface area contributed by atoms with Crippen LogP contribution in [0.25, 0.3) is 0 Å². The number of para-hydroxylation sites is 1. The molecule has 1 rings (SSSR count). The summed E-state index contributed by atoms with van der Waals surface area (Å²) in [7, 11) is 0. The maximum atomic E-state index is 13.1. The average Bonchev–Trinajstić information content (AvgIpc) is 2.19. The van der Waals surface area contributed by atoms with Crippen molar-refractivity contribution >= 4 is 11.9 Å². The molecule has 0 bridgehead atoms. The molecule has 92 valence electrons. The molecular formula is C11H11FO5. The van der Waals surface area contributed by atoms with E-state index in [-0.39, 0.29) is 5.56 Å². The van der Waals surface area contributed by atoms with Gasteiger partial charge in [0.2, 0.25) is 0 Å². The number of aliphatic carboxylic acids is 2. The van der Waals surface area contributed by atoms with E-state index in [1.54, 1.807) is 0 Å². The largest absolute Gasteiger partial charge is 0.505 e. The Morgan fingerprint density at radius 3 is 2.18 bits per heavy atom. The molecule has 0 spiro atoms. The van der Waals surface area contributed by atoms with Crippen molar-refractivity contribution in [2.45, 2.75) is 18.8 Å². The van der Waals surface area contributed by atoms with Gasteiger partial charge in [0.05, 0.1) is 12.8 Å². The third-order valence-corrected chi connectivity index (χ3v) is 2.30. The van der Waals surface area contributed by atoms with Gasteiger partial charge in [-0.25, -0.2) is 4.39 Å². The normalized spacial score (nSPS) is 10.5. The van der Waals surface area contributed by atoms with E-state index in [1.807, 2.05) is 0 Å². The van der Waals surface area contributed by atoms with E-state index in [0.717, 1.165) is 6.07 Å². The molecule has 6 heteroatoms. The minimum Gasteiger partial charge on any atom is -0.505 e. The Labute approximate surface area is 96.1 Å². The number of aromatic hydroxyl groups is 1. The lowest BCUT2D eigenvalue weighted by Crippen LogP contribution is -2.11. The average molecular weight is 242 g/mol. The molecule has 0 fully saturated rings. The molecule has 0 aliphatic heterocycles. The van der Waals surface area contributed by atoms with Crippen LogP contribution in [-0.4, -0.2) is 27.3 Å². The van der Waals surface area contributed by atoms with Crippen LogP contribution in [0.4, 0.5) is 4.39 Å². The zero-order valence-corrected chi connectivity index (χ0v) is 8.76. The number of carboxylic acid groups (broad SMARTS) is 2.